The second kappa shape index (κ2) is 48.2. The molecule has 0 fully saturated rings. The Balaban J connectivity index is 0.000000130. The van der Waals surface area contributed by atoms with Crippen LogP contribution in [-0.4, -0.2) is 62.5 Å². The summed E-state index contributed by atoms with van der Waals surface area (Å²) in [6, 6.07) is 111. The summed E-state index contributed by atoms with van der Waals surface area (Å²) in [6.45, 7) is 32.5. The van der Waals surface area contributed by atoms with E-state index in [4.69, 9.17) is 30.1 Å². The fourth-order valence-electron chi connectivity index (χ4n) is 17.6. The molecule has 20 aromatic carbocycles. The number of aliphatic hydroxyl groups excluding tert-OH is 1. The fraction of sp³-hybridized carbons (Fsp3) is 0.133. The summed E-state index contributed by atoms with van der Waals surface area (Å²) in [5.41, 5.74) is 24.6. The first-order valence-corrected chi connectivity index (χ1v) is 55.8. The summed E-state index contributed by atoms with van der Waals surface area (Å²) in [5, 5.41) is 39.4. The van der Waals surface area contributed by atoms with Crippen molar-refractivity contribution in [1.29, 1.82) is 0 Å². The van der Waals surface area contributed by atoms with Crippen LogP contribution in [0.3, 0.4) is 0 Å². The molecular weight excluding hydrogens is 2150 g/mol. The predicted molar refractivity (Wildman–Crippen MR) is 621 cm³/mol. The number of aryl methyl sites for hydroxylation is 16. The van der Waals surface area contributed by atoms with Gasteiger partial charge in [0.05, 0.1) is 11.1 Å². The Morgan fingerprint density at radius 1 is 0.233 bits per heavy atom. The maximum absolute atomic E-state index is 12.4. The number of hydrogen-bond donors (Lipinski definition) is 2. The second-order valence-corrected chi connectivity index (χ2v) is 47.0. The summed E-state index contributed by atoms with van der Waals surface area (Å²) < 4.78 is 9.13. The number of hydrogen-bond acceptors (Lipinski definition) is 10. The van der Waals surface area contributed by atoms with E-state index in [-0.39, 0.29) is 34.5 Å². The van der Waals surface area contributed by atoms with Gasteiger partial charge in [0.2, 0.25) is 0 Å². The van der Waals surface area contributed by atoms with Crippen LogP contribution in [0.4, 0.5) is 0 Å². The van der Waals surface area contributed by atoms with Crippen LogP contribution in [-0.2, 0) is 4.74 Å². The largest absolute Gasteiger partial charge is 0.643 e. The van der Waals surface area contributed by atoms with E-state index in [0.717, 1.165) is 38.9 Å². The number of carbonyl (C=O) groups is 7. The van der Waals surface area contributed by atoms with Gasteiger partial charge in [-0.2, -0.15) is 0 Å². The van der Waals surface area contributed by atoms with Crippen molar-refractivity contribution in [2.45, 2.75) is 117 Å². The van der Waals surface area contributed by atoms with E-state index in [1.165, 1.54) is 154 Å². The molecule has 0 aromatic heterocycles. The SMILES string of the molecule is Cc1ccc(C(=O)c2cc(C)ccc2C(O)O)cc1.Cc1ccc2c(Br)c3cc(C)ccc3c(Br)c2c1.Cc1ccc2c(Br)c3ccc(C)cc3c(Br)c2c1.Cc1ccc2c(c1)C(=O)OC2=O.Cc1ccc2c(c1)C(=O)c1cc(C)ccc1C2=O.Cc1ccc2c(c1)C(=O)c1ccc(C)cc1C2=O.Cc1ccc2cc3cc(C)ccc3cc2c1.Cc1ccc2cc3ccc(C)cc3cc2c1.Cc1ccccc1.[Cl][Al]([Cl])[Cl]. The Hall–Kier alpha value is -12.8. The lowest BCUT2D eigenvalue weighted by Crippen LogP contribution is -2.21. The van der Waals surface area contributed by atoms with Crippen LogP contribution in [0.1, 0.15) is 201 Å². The van der Waals surface area contributed by atoms with Crippen molar-refractivity contribution in [2.24, 2.45) is 0 Å². The van der Waals surface area contributed by atoms with Gasteiger partial charge < -0.3 is 14.9 Å². The summed E-state index contributed by atoms with van der Waals surface area (Å²) in [4.78, 5) is 83.8. The van der Waals surface area contributed by atoms with Crippen LogP contribution in [0.15, 0.2) is 352 Å². The highest BCUT2D eigenvalue weighted by Crippen LogP contribution is 2.43. The number of fused-ring (bicyclic) bond motifs is 13. The van der Waals surface area contributed by atoms with Gasteiger partial charge in [-0.15, -0.1) is 0 Å². The highest BCUT2D eigenvalue weighted by Gasteiger charge is 2.33. The van der Waals surface area contributed by atoms with Gasteiger partial charge in [0.1, 0.15) is 0 Å². The quantitative estimate of drug-likeness (QED) is 0.0434. The highest BCUT2D eigenvalue weighted by atomic mass is 79.9. The molecule has 0 atom stereocenters. The molecule has 2 aliphatic carbocycles. The Kier molecular flexibility index (Phi) is 36.0. The van der Waals surface area contributed by atoms with Gasteiger partial charge in [0.25, 0.3) is 0 Å². The van der Waals surface area contributed by atoms with Crippen molar-refractivity contribution >= 4 is 232 Å². The molecule has 10 nitrogen and oxygen atoms in total. The molecule has 1 aliphatic heterocycles. The van der Waals surface area contributed by atoms with Gasteiger partial charge in [0, 0.05) is 79.1 Å². The first-order chi connectivity index (χ1) is 69.5. The molecule has 0 bridgehead atoms. The lowest BCUT2D eigenvalue weighted by Gasteiger charge is -2.18. The third-order valence-corrected chi connectivity index (χ3v) is 28.7. The van der Waals surface area contributed by atoms with Crippen molar-refractivity contribution in [2.75, 3.05) is 0 Å². The molecule has 0 radical (unpaired) electrons. The van der Waals surface area contributed by atoms with Crippen molar-refractivity contribution < 1.29 is 48.5 Å². The molecule has 3 aliphatic rings. The minimum atomic E-state index is -1.72. The summed E-state index contributed by atoms with van der Waals surface area (Å²) in [5.74, 6) is -1.50. The Morgan fingerprint density at radius 3 is 0.781 bits per heavy atom. The minimum absolute atomic E-state index is 0.0491. The second-order valence-electron chi connectivity index (χ2n) is 37.4. The molecule has 0 spiro atoms. The molecule has 2 N–H and O–H groups in total. The van der Waals surface area contributed by atoms with E-state index in [9.17, 15) is 43.8 Å². The van der Waals surface area contributed by atoms with Gasteiger partial charge in [-0.25, -0.2) is 39.7 Å². The lowest BCUT2D eigenvalue weighted by molar-refractivity contribution is -0.0429. The average Bonchev–Trinajstić information content (AvgIpc) is 0.850. The van der Waals surface area contributed by atoms with Crippen molar-refractivity contribution in [3.63, 3.8) is 0 Å². The Bertz CT molecular complexity index is 8200. The third-order valence-electron chi connectivity index (χ3n) is 25.2. The molecule has 18 heteroatoms. The number of carbonyl (C=O) groups excluding carboxylic acids is 7. The minimum Gasteiger partial charge on any atom is -0.386 e. The average molecular weight is 2260 g/mol. The van der Waals surface area contributed by atoms with E-state index in [1.807, 2.05) is 103 Å². The standard InChI is InChI=1S/2C16H12Br2.C16H16O3.2C16H12O2.2C16H14.C9H6O3.C7H8.Al.3ClH/c1-9-3-5-11-13(7-9)15(17)12-6-4-10(2)8-14(12)16(11)18;1-9-3-5-11-13(7-9)16(18)14-8-10(2)4-6-12(14)15(11)17;1-10-3-6-12(7-4-10)15(17)14-9-11(2)5-8-13(14)16(18)19;1-9-3-5-11-13(7-9)15(17)12-6-4-10(2)8-14(12)16(11)18;1-9-3-5-11-13(7-9)16(18)14-8-10(2)4-6-12(14)15(11)17;1-11-3-5-13-10-16-8-12(2)4-6-14(16)9-15(13)7-11;1-11-3-5-13-9-14-6-4-12(2)8-16(14)10-15(13)7-11;1-5-2-3-6-7(4-5)9(11)12-8(6)10;1-7-5-3-2-4-6-7;;;;/h2*3-8H,1-2H3;3-9,16,18-19H,1-2H3;2*3-8H,1-2H3;2*3-10H,1-2H3;2-4H,1H3;2-6H,1H3;;3*1H/q;;;;;;;;;+3;;;/p-3. The third kappa shape index (κ3) is 26.2. The fourth-order valence-corrected chi connectivity index (χ4v) is 20.3. The van der Waals surface area contributed by atoms with Gasteiger partial charge in [-0.05, 0) is 327 Å². The van der Waals surface area contributed by atoms with E-state index < -0.39 is 29.6 Å². The molecule has 0 saturated carbocycles. The van der Waals surface area contributed by atoms with Crippen LogP contribution in [0, 0.1) is 111 Å². The van der Waals surface area contributed by atoms with Gasteiger partial charge >= 0.3 is 23.3 Å². The number of aliphatic hydroxyl groups is 2. The van der Waals surface area contributed by atoms with E-state index in [2.05, 4.69) is 313 Å². The van der Waals surface area contributed by atoms with Crippen LogP contribution >= 0.6 is 93.9 Å². The van der Waals surface area contributed by atoms with Gasteiger partial charge in [0.15, 0.2) is 35.2 Å². The van der Waals surface area contributed by atoms with Crippen molar-refractivity contribution in [3.05, 3.63) is 513 Å². The molecule has 0 amide bonds. The lowest BCUT2D eigenvalue weighted by atomic mass is 9.83. The molecule has 0 unspecified atom stereocenters. The van der Waals surface area contributed by atoms with Crippen LogP contribution in [0.5, 0.6) is 0 Å². The van der Waals surface area contributed by atoms with E-state index >= 15 is 0 Å². The molecule has 1 heterocycles. The molecule has 23 rings (SSSR count). The first-order valence-electron chi connectivity index (χ1n) is 47.4. The van der Waals surface area contributed by atoms with Crippen LogP contribution < -0.4 is 0 Å². The maximum Gasteiger partial charge on any atom is 0.643 e. The number of cyclic esters (lactones) is 2. The number of rotatable bonds is 3. The van der Waals surface area contributed by atoms with Crippen molar-refractivity contribution in [1.82, 2.24) is 0 Å². The number of ether oxygens (including phenoxy) is 1. The molecule has 146 heavy (non-hydrogen) atoms. The zero-order valence-electron chi connectivity index (χ0n) is 83.7. The predicted octanol–water partition coefficient (Wildman–Crippen LogP) is 35.2. The Morgan fingerprint density at radius 2 is 0.459 bits per heavy atom. The zero-order valence-corrected chi connectivity index (χ0v) is 93.5. The number of benzene rings is 20. The summed E-state index contributed by atoms with van der Waals surface area (Å²) >= 11 is 13.3. The highest BCUT2D eigenvalue weighted by molar-refractivity contribution is 9.11. The molecular formula is C128H106AlBr4Cl3O10. The first kappa shape index (κ1) is 109. The molecule has 20 aromatic rings. The van der Waals surface area contributed by atoms with E-state index in [0.29, 0.717) is 66.8 Å². The number of ketones is 5. The summed E-state index contributed by atoms with van der Waals surface area (Å²) in [7, 11) is 14.8. The van der Waals surface area contributed by atoms with Crippen molar-refractivity contribution in [3.8, 4) is 0 Å². The number of halogens is 7. The normalized spacial score (nSPS) is 11.7. The smallest absolute Gasteiger partial charge is 0.386 e. The van der Waals surface area contributed by atoms with Crippen LogP contribution in [0.25, 0.3) is 86.2 Å². The molecule has 0 saturated heterocycles. The zero-order chi connectivity index (χ0) is 105. The van der Waals surface area contributed by atoms with Gasteiger partial charge in [-0.1, -0.05) is 356 Å². The number of esters is 2. The molecule has 730 valence electrons. The summed E-state index contributed by atoms with van der Waals surface area (Å²) in [6.07, 6.45) is -1.65. The Labute approximate surface area is 902 Å². The van der Waals surface area contributed by atoms with Gasteiger partial charge in [-0.3, -0.25) is 24.0 Å². The van der Waals surface area contributed by atoms with Crippen LogP contribution in [0.2, 0.25) is 0 Å². The topological polar surface area (TPSA) is 169 Å². The maximum atomic E-state index is 12.4. The van der Waals surface area contributed by atoms with E-state index in [1.54, 1.807) is 97.1 Å². The monoisotopic (exact) mass is 2250 g/mol.